The van der Waals surface area contributed by atoms with Crippen LogP contribution in [0.2, 0.25) is 5.02 Å². The second-order valence-corrected chi connectivity index (χ2v) is 11.6. The number of nitrogens with one attached hydrogen (secondary N) is 2. The van der Waals surface area contributed by atoms with Crippen LogP contribution >= 0.6 is 22.9 Å². The average Bonchev–Trinajstić information content (AvgIpc) is 3.16. The molecule has 0 saturated heterocycles. The van der Waals surface area contributed by atoms with E-state index in [9.17, 15) is 9.59 Å². The van der Waals surface area contributed by atoms with Gasteiger partial charge in [0.25, 0.3) is 11.8 Å². The van der Waals surface area contributed by atoms with Crippen molar-refractivity contribution in [3.05, 3.63) is 86.8 Å². The molecule has 34 heavy (non-hydrogen) atoms. The van der Waals surface area contributed by atoms with Crippen molar-refractivity contribution >= 4 is 39.8 Å². The number of carbonyl (C=O) groups is 2. The molecule has 1 heterocycles. The van der Waals surface area contributed by atoms with Crippen molar-refractivity contribution in [2.75, 3.05) is 5.32 Å². The van der Waals surface area contributed by atoms with E-state index in [4.69, 9.17) is 11.6 Å². The van der Waals surface area contributed by atoms with Crippen molar-refractivity contribution in [1.29, 1.82) is 0 Å². The molecular weight excluding hydrogens is 464 g/mol. The first-order chi connectivity index (χ1) is 16.1. The van der Waals surface area contributed by atoms with Crippen molar-refractivity contribution in [3.8, 4) is 0 Å². The summed E-state index contributed by atoms with van der Waals surface area (Å²) in [6.07, 6.45) is 2.80. The van der Waals surface area contributed by atoms with Crippen LogP contribution in [-0.2, 0) is 12.8 Å². The highest BCUT2D eigenvalue weighted by atomic mass is 35.5. The van der Waals surface area contributed by atoms with Gasteiger partial charge in [-0.2, -0.15) is 0 Å². The molecule has 3 aromatic rings. The molecule has 178 valence electrons. The third kappa shape index (κ3) is 5.37. The van der Waals surface area contributed by atoms with Gasteiger partial charge in [0, 0.05) is 15.5 Å². The minimum atomic E-state index is -0.243. The molecule has 2 unspecified atom stereocenters. The van der Waals surface area contributed by atoms with Crippen LogP contribution in [0.1, 0.15) is 76.9 Å². The zero-order valence-electron chi connectivity index (χ0n) is 20.1. The fourth-order valence-electron chi connectivity index (χ4n) is 4.52. The SMILES string of the molecule is CC(NC(=O)c1c(NC(=O)c2ccc(Cl)cc2)sc2c1CCC(C(C)(C)C)C2)c1ccccc1. The lowest BCUT2D eigenvalue weighted by Gasteiger charge is -2.34. The second kappa shape index (κ2) is 9.93. The second-order valence-electron chi connectivity index (χ2n) is 10.1. The number of benzene rings is 2. The third-order valence-electron chi connectivity index (χ3n) is 6.70. The molecule has 0 radical (unpaired) electrons. The van der Waals surface area contributed by atoms with Gasteiger partial charge in [0.2, 0.25) is 0 Å². The number of rotatable bonds is 5. The first kappa shape index (κ1) is 24.5. The first-order valence-corrected chi connectivity index (χ1v) is 12.9. The number of halogens is 1. The summed E-state index contributed by atoms with van der Waals surface area (Å²) in [5.74, 6) is 0.153. The van der Waals surface area contributed by atoms with E-state index in [0.717, 1.165) is 30.4 Å². The summed E-state index contributed by atoms with van der Waals surface area (Å²) >= 11 is 7.52. The van der Waals surface area contributed by atoms with Crippen LogP contribution in [0.5, 0.6) is 0 Å². The van der Waals surface area contributed by atoms with Gasteiger partial charge >= 0.3 is 0 Å². The van der Waals surface area contributed by atoms with Gasteiger partial charge in [-0.15, -0.1) is 11.3 Å². The number of anilines is 1. The predicted molar refractivity (Wildman–Crippen MR) is 141 cm³/mol. The molecule has 2 amide bonds. The van der Waals surface area contributed by atoms with Crippen LogP contribution in [-0.4, -0.2) is 11.8 Å². The first-order valence-electron chi connectivity index (χ1n) is 11.7. The van der Waals surface area contributed by atoms with E-state index in [1.54, 1.807) is 35.6 Å². The summed E-state index contributed by atoms with van der Waals surface area (Å²) in [6.45, 7) is 8.80. The van der Waals surface area contributed by atoms with Crippen LogP contribution in [0.25, 0.3) is 0 Å². The average molecular weight is 495 g/mol. The summed E-state index contributed by atoms with van der Waals surface area (Å²) < 4.78 is 0. The normalized spacial score (nSPS) is 16.4. The molecule has 1 aliphatic rings. The molecule has 0 bridgehead atoms. The van der Waals surface area contributed by atoms with Crippen molar-refractivity contribution in [1.82, 2.24) is 5.32 Å². The Labute approximate surface area is 210 Å². The van der Waals surface area contributed by atoms with Crippen LogP contribution in [0.15, 0.2) is 54.6 Å². The van der Waals surface area contributed by atoms with E-state index in [2.05, 4.69) is 31.4 Å². The Morgan fingerprint density at radius 3 is 2.35 bits per heavy atom. The van der Waals surface area contributed by atoms with Crippen molar-refractivity contribution in [3.63, 3.8) is 0 Å². The van der Waals surface area contributed by atoms with Crippen molar-refractivity contribution in [2.24, 2.45) is 11.3 Å². The number of fused-ring (bicyclic) bond motifs is 1. The van der Waals surface area contributed by atoms with E-state index in [1.165, 1.54) is 4.88 Å². The topological polar surface area (TPSA) is 58.2 Å². The summed E-state index contributed by atoms with van der Waals surface area (Å²) in [4.78, 5) is 27.8. The molecule has 0 saturated carbocycles. The van der Waals surface area contributed by atoms with Crippen LogP contribution in [0.4, 0.5) is 5.00 Å². The Morgan fingerprint density at radius 1 is 1.03 bits per heavy atom. The molecule has 0 aliphatic heterocycles. The Bertz CT molecular complexity index is 1180. The summed E-state index contributed by atoms with van der Waals surface area (Å²) in [5.41, 5.74) is 3.43. The lowest BCUT2D eigenvalue weighted by atomic mass is 9.72. The lowest BCUT2D eigenvalue weighted by Crippen LogP contribution is -2.30. The maximum atomic E-state index is 13.6. The van der Waals surface area contributed by atoms with Gasteiger partial charge in [-0.3, -0.25) is 9.59 Å². The minimum Gasteiger partial charge on any atom is -0.345 e. The highest BCUT2D eigenvalue weighted by Crippen LogP contribution is 2.44. The molecule has 2 N–H and O–H groups in total. The van der Waals surface area contributed by atoms with Crippen molar-refractivity contribution < 1.29 is 9.59 Å². The van der Waals surface area contributed by atoms with Crippen LogP contribution in [0, 0.1) is 11.3 Å². The maximum absolute atomic E-state index is 13.6. The highest BCUT2D eigenvalue weighted by molar-refractivity contribution is 7.17. The van der Waals surface area contributed by atoms with Crippen molar-refractivity contribution in [2.45, 2.75) is 53.0 Å². The number of hydrogen-bond donors (Lipinski definition) is 2. The van der Waals surface area contributed by atoms with Gasteiger partial charge in [0.05, 0.1) is 11.6 Å². The molecule has 6 heteroatoms. The summed E-state index contributed by atoms with van der Waals surface area (Å²) in [5, 5.41) is 7.37. The Balaban J connectivity index is 1.65. The Kier molecular flexibility index (Phi) is 7.15. The highest BCUT2D eigenvalue weighted by Gasteiger charge is 2.34. The molecule has 1 aliphatic carbocycles. The maximum Gasteiger partial charge on any atom is 0.256 e. The molecule has 0 fully saturated rings. The Hall–Kier alpha value is -2.63. The van der Waals surface area contributed by atoms with Gasteiger partial charge in [-0.05, 0) is 72.9 Å². The van der Waals surface area contributed by atoms with E-state index in [-0.39, 0.29) is 23.3 Å². The van der Waals surface area contributed by atoms with E-state index in [1.807, 2.05) is 37.3 Å². The standard InChI is InChI=1S/C28H31ClN2O2S/c1-17(18-8-6-5-7-9-18)30-26(33)24-22-15-12-20(28(2,3)4)16-23(22)34-27(24)31-25(32)19-10-13-21(29)14-11-19/h5-11,13-14,17,20H,12,15-16H2,1-4H3,(H,30,33)(H,31,32). The largest absolute Gasteiger partial charge is 0.345 e. The van der Waals surface area contributed by atoms with Crippen LogP contribution in [0.3, 0.4) is 0 Å². The quantitative estimate of drug-likeness (QED) is 0.391. The van der Waals surface area contributed by atoms with Gasteiger partial charge in [0.15, 0.2) is 0 Å². The molecule has 0 spiro atoms. The fourth-order valence-corrected chi connectivity index (χ4v) is 5.97. The molecule has 1 aromatic heterocycles. The van der Waals surface area contributed by atoms with Gasteiger partial charge in [-0.25, -0.2) is 0 Å². The molecule has 4 nitrogen and oxygen atoms in total. The molecule has 4 rings (SSSR count). The third-order valence-corrected chi connectivity index (χ3v) is 8.12. The molecule has 2 aromatic carbocycles. The zero-order chi connectivity index (χ0) is 24.5. The fraction of sp³-hybridized carbons (Fsp3) is 0.357. The summed E-state index contributed by atoms with van der Waals surface area (Å²) in [6, 6.07) is 16.5. The van der Waals surface area contributed by atoms with Gasteiger partial charge < -0.3 is 10.6 Å². The van der Waals surface area contributed by atoms with E-state index < -0.39 is 0 Å². The smallest absolute Gasteiger partial charge is 0.256 e. The molecule has 2 atom stereocenters. The summed E-state index contributed by atoms with van der Waals surface area (Å²) in [7, 11) is 0. The zero-order valence-corrected chi connectivity index (χ0v) is 21.6. The number of carbonyl (C=O) groups excluding carboxylic acids is 2. The number of hydrogen-bond acceptors (Lipinski definition) is 3. The van der Waals surface area contributed by atoms with Gasteiger partial charge in [-0.1, -0.05) is 62.7 Å². The monoisotopic (exact) mass is 494 g/mol. The van der Waals surface area contributed by atoms with Gasteiger partial charge in [0.1, 0.15) is 5.00 Å². The predicted octanol–water partition coefficient (Wildman–Crippen LogP) is 7.30. The lowest BCUT2D eigenvalue weighted by molar-refractivity contribution is 0.0939. The van der Waals surface area contributed by atoms with E-state index in [0.29, 0.717) is 27.1 Å². The van der Waals surface area contributed by atoms with Crippen LogP contribution < -0.4 is 10.6 Å². The molecular formula is C28H31ClN2O2S. The minimum absolute atomic E-state index is 0.144. The van der Waals surface area contributed by atoms with E-state index >= 15 is 0 Å². The number of thiophene rings is 1. The Morgan fingerprint density at radius 2 is 1.71 bits per heavy atom. The number of amides is 2.